The molecule has 0 saturated carbocycles. The van der Waals surface area contributed by atoms with Crippen LogP contribution in [0.25, 0.3) is 0 Å². The molecule has 0 aromatic carbocycles. The van der Waals surface area contributed by atoms with Crippen molar-refractivity contribution in [1.82, 2.24) is 9.29 Å². The van der Waals surface area contributed by atoms with Crippen molar-refractivity contribution in [3.05, 3.63) is 16.7 Å². The summed E-state index contributed by atoms with van der Waals surface area (Å²) < 4.78 is 27.6. The van der Waals surface area contributed by atoms with Gasteiger partial charge >= 0.3 is 0 Å². The molecule has 1 saturated heterocycles. The molecule has 106 valence electrons. The van der Waals surface area contributed by atoms with Crippen molar-refractivity contribution in [3.8, 4) is 0 Å². The van der Waals surface area contributed by atoms with Gasteiger partial charge in [-0.25, -0.2) is 13.4 Å². The molecule has 1 aromatic heterocycles. The van der Waals surface area contributed by atoms with E-state index in [1.807, 2.05) is 6.92 Å². The third-order valence-electron chi connectivity index (χ3n) is 3.50. The van der Waals surface area contributed by atoms with Gasteiger partial charge in [-0.3, -0.25) is 0 Å². The van der Waals surface area contributed by atoms with E-state index in [2.05, 4.69) is 27.8 Å². The summed E-state index contributed by atoms with van der Waals surface area (Å²) in [6, 6.07) is 1.52. The first-order valence-electron chi connectivity index (χ1n) is 6.25. The molecule has 0 radical (unpaired) electrons. The lowest BCUT2D eigenvalue weighted by Gasteiger charge is -2.35. The lowest BCUT2D eigenvalue weighted by atomic mass is 9.97. The minimum absolute atomic E-state index is 0.000387. The largest absolute Gasteiger partial charge is 0.383 e. The maximum atomic E-state index is 12.7. The van der Waals surface area contributed by atoms with E-state index in [4.69, 9.17) is 5.73 Å². The van der Waals surface area contributed by atoms with Crippen LogP contribution in [0.2, 0.25) is 0 Å². The van der Waals surface area contributed by atoms with Crippen LogP contribution in [-0.2, 0) is 10.0 Å². The highest BCUT2D eigenvalue weighted by Gasteiger charge is 2.35. The molecular formula is C12H18BrN3O2S. The van der Waals surface area contributed by atoms with Crippen molar-refractivity contribution in [3.63, 3.8) is 0 Å². The maximum Gasteiger partial charge on any atom is 0.247 e. The monoisotopic (exact) mass is 347 g/mol. The zero-order valence-electron chi connectivity index (χ0n) is 11.0. The highest BCUT2D eigenvalue weighted by molar-refractivity contribution is 9.10. The second-order valence-corrected chi connectivity index (χ2v) is 7.92. The van der Waals surface area contributed by atoms with Crippen LogP contribution in [0.4, 0.5) is 5.82 Å². The van der Waals surface area contributed by atoms with Crippen molar-refractivity contribution >= 4 is 31.8 Å². The van der Waals surface area contributed by atoms with Gasteiger partial charge in [0, 0.05) is 23.3 Å². The van der Waals surface area contributed by atoms with Crippen LogP contribution in [0.1, 0.15) is 26.7 Å². The first kappa shape index (κ1) is 14.7. The van der Waals surface area contributed by atoms with E-state index < -0.39 is 10.0 Å². The van der Waals surface area contributed by atoms with Crippen LogP contribution in [-0.4, -0.2) is 30.3 Å². The molecule has 1 aliphatic heterocycles. The average molecular weight is 348 g/mol. The van der Waals surface area contributed by atoms with E-state index >= 15 is 0 Å². The Morgan fingerprint density at radius 3 is 2.79 bits per heavy atom. The summed E-state index contributed by atoms with van der Waals surface area (Å²) in [6.07, 6.45) is 3.43. The summed E-state index contributed by atoms with van der Waals surface area (Å²) in [5, 5.41) is 0. The fourth-order valence-corrected chi connectivity index (χ4v) is 4.71. The molecule has 5 nitrogen and oxygen atoms in total. The fraction of sp³-hybridized carbons (Fsp3) is 0.583. The standard InChI is InChI=1S/C12H18BrN3O2S/c1-8-3-4-9(2)16(7-8)19(17,18)11-5-10(13)6-15-12(11)14/h5-6,8-9H,3-4,7H2,1-2H3,(H2,14,15). The van der Waals surface area contributed by atoms with E-state index in [0.717, 1.165) is 12.8 Å². The second kappa shape index (κ2) is 5.38. The predicted octanol–water partition coefficient (Wildman–Crippen LogP) is 2.24. The number of sulfonamides is 1. The lowest BCUT2D eigenvalue weighted by molar-refractivity contribution is 0.218. The third kappa shape index (κ3) is 2.93. The van der Waals surface area contributed by atoms with Gasteiger partial charge in [-0.05, 0) is 47.7 Å². The Hall–Kier alpha value is -0.660. The molecule has 0 spiro atoms. The zero-order valence-corrected chi connectivity index (χ0v) is 13.4. The molecule has 19 heavy (non-hydrogen) atoms. The van der Waals surface area contributed by atoms with Crippen LogP contribution in [0, 0.1) is 5.92 Å². The number of piperidine rings is 1. The highest BCUT2D eigenvalue weighted by atomic mass is 79.9. The predicted molar refractivity (Wildman–Crippen MR) is 78.1 cm³/mol. The molecule has 0 aliphatic carbocycles. The third-order valence-corrected chi connectivity index (χ3v) is 5.94. The van der Waals surface area contributed by atoms with Crippen LogP contribution >= 0.6 is 15.9 Å². The van der Waals surface area contributed by atoms with E-state index in [-0.39, 0.29) is 16.8 Å². The normalized spacial score (nSPS) is 25.4. The number of rotatable bonds is 2. The summed E-state index contributed by atoms with van der Waals surface area (Å²) in [5.74, 6) is 0.418. The number of hydrogen-bond acceptors (Lipinski definition) is 4. The fourth-order valence-electron chi connectivity index (χ4n) is 2.35. The van der Waals surface area contributed by atoms with Gasteiger partial charge in [-0.1, -0.05) is 6.92 Å². The van der Waals surface area contributed by atoms with Crippen LogP contribution in [0.15, 0.2) is 21.6 Å². The molecule has 0 bridgehead atoms. The van der Waals surface area contributed by atoms with Gasteiger partial charge in [-0.15, -0.1) is 0 Å². The zero-order chi connectivity index (χ0) is 14.2. The molecule has 2 unspecified atom stereocenters. The second-order valence-electron chi connectivity index (χ2n) is 5.14. The molecule has 1 aromatic rings. The number of nitrogens with two attached hydrogens (primary N) is 1. The number of anilines is 1. The van der Waals surface area contributed by atoms with E-state index in [1.54, 1.807) is 4.31 Å². The van der Waals surface area contributed by atoms with Gasteiger partial charge in [0.05, 0.1) is 0 Å². The summed E-state index contributed by atoms with van der Waals surface area (Å²) in [4.78, 5) is 3.99. The van der Waals surface area contributed by atoms with E-state index in [1.165, 1.54) is 12.3 Å². The Kier molecular flexibility index (Phi) is 4.17. The number of hydrogen-bond donors (Lipinski definition) is 1. The van der Waals surface area contributed by atoms with Crippen molar-refractivity contribution in [2.75, 3.05) is 12.3 Å². The van der Waals surface area contributed by atoms with E-state index in [9.17, 15) is 8.42 Å². The first-order chi connectivity index (χ1) is 8.82. The first-order valence-corrected chi connectivity index (χ1v) is 8.48. The van der Waals surface area contributed by atoms with Crippen LogP contribution in [0.5, 0.6) is 0 Å². The lowest BCUT2D eigenvalue weighted by Crippen LogP contribution is -2.45. The Labute approximate surface area is 122 Å². The quantitative estimate of drug-likeness (QED) is 0.889. The van der Waals surface area contributed by atoms with Gasteiger partial charge < -0.3 is 5.73 Å². The number of aromatic nitrogens is 1. The van der Waals surface area contributed by atoms with Gasteiger partial charge in [-0.2, -0.15) is 4.31 Å². The number of halogens is 1. The summed E-state index contributed by atoms with van der Waals surface area (Å²) >= 11 is 3.24. The summed E-state index contributed by atoms with van der Waals surface area (Å²) in [7, 11) is -3.58. The van der Waals surface area contributed by atoms with Crippen molar-refractivity contribution < 1.29 is 8.42 Å². The topological polar surface area (TPSA) is 76.3 Å². The molecule has 2 atom stereocenters. The number of nitrogen functional groups attached to an aromatic ring is 1. The van der Waals surface area contributed by atoms with Crippen molar-refractivity contribution in [2.45, 2.75) is 37.6 Å². The van der Waals surface area contributed by atoms with Gasteiger partial charge in [0.25, 0.3) is 0 Å². The molecule has 1 aliphatic rings. The Morgan fingerprint density at radius 1 is 1.42 bits per heavy atom. The molecule has 2 heterocycles. The van der Waals surface area contributed by atoms with Gasteiger partial charge in [0.15, 0.2) is 0 Å². The smallest absolute Gasteiger partial charge is 0.247 e. The SMILES string of the molecule is CC1CCC(C)N(S(=O)(=O)c2cc(Br)cnc2N)C1. The number of pyridine rings is 1. The summed E-state index contributed by atoms with van der Waals surface area (Å²) in [6.45, 7) is 4.54. The molecular weight excluding hydrogens is 330 g/mol. The Balaban J connectivity index is 2.44. The molecule has 7 heteroatoms. The Morgan fingerprint density at radius 2 is 2.11 bits per heavy atom. The molecule has 1 fully saturated rings. The minimum atomic E-state index is -3.58. The van der Waals surface area contributed by atoms with Gasteiger partial charge in [0.2, 0.25) is 10.0 Å². The van der Waals surface area contributed by atoms with Crippen LogP contribution in [0.3, 0.4) is 0 Å². The molecule has 2 rings (SSSR count). The van der Waals surface area contributed by atoms with E-state index in [0.29, 0.717) is 16.9 Å². The van der Waals surface area contributed by atoms with Crippen molar-refractivity contribution in [2.24, 2.45) is 5.92 Å². The van der Waals surface area contributed by atoms with Gasteiger partial charge in [0.1, 0.15) is 10.7 Å². The Bertz CT molecular complexity index is 576. The summed E-state index contributed by atoms with van der Waals surface area (Å²) in [5.41, 5.74) is 5.72. The van der Waals surface area contributed by atoms with Crippen molar-refractivity contribution in [1.29, 1.82) is 0 Å². The average Bonchev–Trinajstić information content (AvgIpc) is 2.35. The minimum Gasteiger partial charge on any atom is -0.383 e. The maximum absolute atomic E-state index is 12.7. The molecule has 2 N–H and O–H groups in total. The molecule has 0 amide bonds. The van der Waals surface area contributed by atoms with Crippen LogP contribution < -0.4 is 5.73 Å². The highest BCUT2D eigenvalue weighted by Crippen LogP contribution is 2.30. The number of nitrogens with zero attached hydrogens (tertiary/aromatic N) is 2.